The van der Waals surface area contributed by atoms with Crippen molar-refractivity contribution < 1.29 is 18.0 Å². The van der Waals surface area contributed by atoms with Crippen molar-refractivity contribution in [1.82, 2.24) is 9.97 Å². The summed E-state index contributed by atoms with van der Waals surface area (Å²) in [6.45, 7) is 0. The molecule has 1 aliphatic rings. The molecule has 1 aromatic rings. The summed E-state index contributed by atoms with van der Waals surface area (Å²) in [6, 6.07) is 0. The van der Waals surface area contributed by atoms with Gasteiger partial charge in [-0.1, -0.05) is 0 Å². The fourth-order valence-electron chi connectivity index (χ4n) is 1.97. The van der Waals surface area contributed by atoms with Gasteiger partial charge >= 0.3 is 6.18 Å². The third kappa shape index (κ3) is 2.81. The molecule has 17 heavy (non-hydrogen) atoms. The average molecular weight is 244 g/mol. The topological polar surface area (TPSA) is 42.9 Å². The Kier molecular flexibility index (Phi) is 3.13. The van der Waals surface area contributed by atoms with Gasteiger partial charge in [0, 0.05) is 25.2 Å². The lowest BCUT2D eigenvalue weighted by molar-refractivity contribution is -0.145. The first-order valence-corrected chi connectivity index (χ1v) is 5.37. The van der Waals surface area contributed by atoms with Crippen molar-refractivity contribution >= 4 is 5.78 Å². The second kappa shape index (κ2) is 4.43. The Hall–Kier alpha value is -1.46. The van der Waals surface area contributed by atoms with Crippen LogP contribution in [0.3, 0.4) is 0 Å². The Bertz CT molecular complexity index is 404. The predicted octanol–water partition coefficient (Wildman–Crippen LogP) is 2.72. The van der Waals surface area contributed by atoms with Crippen molar-refractivity contribution in [2.45, 2.75) is 37.8 Å². The molecule has 1 saturated carbocycles. The van der Waals surface area contributed by atoms with E-state index < -0.39 is 12.0 Å². The van der Waals surface area contributed by atoms with Gasteiger partial charge < -0.3 is 0 Å². The van der Waals surface area contributed by atoms with E-state index in [4.69, 9.17) is 0 Å². The van der Waals surface area contributed by atoms with E-state index in [0.717, 1.165) is 0 Å². The summed E-state index contributed by atoms with van der Waals surface area (Å²) in [4.78, 5) is 17.7. The van der Waals surface area contributed by atoms with Gasteiger partial charge in [0.1, 0.15) is 5.78 Å². The number of Topliss-reactive ketones (excluding diaryl/α,β-unsaturated/α-hetero) is 1. The van der Waals surface area contributed by atoms with Gasteiger partial charge in [-0.3, -0.25) is 4.79 Å². The maximum atomic E-state index is 12.2. The second-order valence-electron chi connectivity index (χ2n) is 4.15. The summed E-state index contributed by atoms with van der Waals surface area (Å²) in [6.07, 6.45) is 0.270. The Morgan fingerprint density at radius 3 is 2.12 bits per heavy atom. The molecule has 1 heterocycles. The number of rotatable bonds is 1. The number of ketones is 1. The standard InChI is InChI=1S/C11H11F3N2O/c12-11(13,14)10-15-5-8(6-16-10)7-1-3-9(17)4-2-7/h5-7H,1-4H2. The molecule has 0 N–H and O–H groups in total. The molecule has 0 unspecified atom stereocenters. The smallest absolute Gasteiger partial charge is 0.300 e. The van der Waals surface area contributed by atoms with E-state index in [2.05, 4.69) is 9.97 Å². The molecular weight excluding hydrogens is 233 g/mol. The predicted molar refractivity (Wildman–Crippen MR) is 53.3 cm³/mol. The molecule has 0 aromatic carbocycles. The molecule has 1 aromatic heterocycles. The Balaban J connectivity index is 2.10. The summed E-state index contributed by atoms with van der Waals surface area (Å²) in [5, 5.41) is 0. The van der Waals surface area contributed by atoms with Crippen LogP contribution >= 0.6 is 0 Å². The first-order chi connectivity index (χ1) is 7.97. The molecule has 6 heteroatoms. The lowest BCUT2D eigenvalue weighted by atomic mass is 9.85. The van der Waals surface area contributed by atoms with Crippen molar-refractivity contribution in [2.24, 2.45) is 0 Å². The van der Waals surface area contributed by atoms with Crippen LogP contribution in [-0.4, -0.2) is 15.8 Å². The minimum absolute atomic E-state index is 0.106. The number of aromatic nitrogens is 2. The molecule has 0 radical (unpaired) electrons. The molecule has 1 aliphatic carbocycles. The van der Waals surface area contributed by atoms with E-state index in [0.29, 0.717) is 31.2 Å². The SMILES string of the molecule is O=C1CCC(c2cnc(C(F)(F)F)nc2)CC1. The number of halogens is 3. The van der Waals surface area contributed by atoms with Crippen molar-refractivity contribution in [2.75, 3.05) is 0 Å². The van der Waals surface area contributed by atoms with E-state index >= 15 is 0 Å². The fourth-order valence-corrected chi connectivity index (χ4v) is 1.97. The quantitative estimate of drug-likeness (QED) is 0.762. The molecule has 3 nitrogen and oxygen atoms in total. The van der Waals surface area contributed by atoms with Crippen molar-refractivity contribution in [3.05, 3.63) is 23.8 Å². The van der Waals surface area contributed by atoms with Gasteiger partial charge in [-0.05, 0) is 24.3 Å². The number of carbonyl (C=O) groups excluding carboxylic acids is 1. The second-order valence-corrected chi connectivity index (χ2v) is 4.15. The summed E-state index contributed by atoms with van der Waals surface area (Å²) >= 11 is 0. The number of carbonyl (C=O) groups is 1. The van der Waals surface area contributed by atoms with Crippen molar-refractivity contribution in [3.8, 4) is 0 Å². The molecule has 0 saturated heterocycles. The highest BCUT2D eigenvalue weighted by Crippen LogP contribution is 2.31. The van der Waals surface area contributed by atoms with Crippen LogP contribution in [-0.2, 0) is 11.0 Å². The molecular formula is C11H11F3N2O. The molecule has 1 fully saturated rings. The van der Waals surface area contributed by atoms with Gasteiger partial charge in [0.05, 0.1) is 0 Å². The molecule has 0 amide bonds. The average Bonchev–Trinajstić information content (AvgIpc) is 2.29. The highest BCUT2D eigenvalue weighted by molar-refractivity contribution is 5.79. The van der Waals surface area contributed by atoms with Gasteiger partial charge in [-0.2, -0.15) is 13.2 Å². The normalized spacial score (nSPS) is 18.4. The van der Waals surface area contributed by atoms with Crippen LogP contribution in [0.15, 0.2) is 12.4 Å². The highest BCUT2D eigenvalue weighted by atomic mass is 19.4. The van der Waals surface area contributed by atoms with Crippen LogP contribution in [0.1, 0.15) is 43.0 Å². The molecule has 0 bridgehead atoms. The molecule has 0 spiro atoms. The first kappa shape index (κ1) is 12.0. The zero-order valence-corrected chi connectivity index (χ0v) is 9.00. The van der Waals surface area contributed by atoms with Crippen LogP contribution in [0.25, 0.3) is 0 Å². The van der Waals surface area contributed by atoms with Crippen molar-refractivity contribution in [1.29, 1.82) is 0 Å². The van der Waals surface area contributed by atoms with Crippen LogP contribution in [0.4, 0.5) is 13.2 Å². The zero-order valence-electron chi connectivity index (χ0n) is 9.00. The number of hydrogen-bond donors (Lipinski definition) is 0. The van der Waals surface area contributed by atoms with Gasteiger partial charge in [0.25, 0.3) is 0 Å². The minimum atomic E-state index is -4.50. The third-order valence-corrected chi connectivity index (χ3v) is 2.94. The number of hydrogen-bond acceptors (Lipinski definition) is 3. The summed E-state index contributed by atoms with van der Waals surface area (Å²) in [5.41, 5.74) is 0.686. The van der Waals surface area contributed by atoms with Crippen molar-refractivity contribution in [3.63, 3.8) is 0 Å². The van der Waals surface area contributed by atoms with Crippen LogP contribution in [0.2, 0.25) is 0 Å². The Labute approximate surface area is 96.1 Å². The van der Waals surface area contributed by atoms with Crippen LogP contribution in [0.5, 0.6) is 0 Å². The molecule has 0 atom stereocenters. The maximum absolute atomic E-state index is 12.2. The summed E-state index contributed by atoms with van der Waals surface area (Å²) in [7, 11) is 0. The maximum Gasteiger partial charge on any atom is 0.451 e. The van der Waals surface area contributed by atoms with E-state index in [9.17, 15) is 18.0 Å². The zero-order chi connectivity index (χ0) is 12.5. The van der Waals surface area contributed by atoms with Gasteiger partial charge in [0.15, 0.2) is 0 Å². The van der Waals surface area contributed by atoms with Gasteiger partial charge in [-0.25, -0.2) is 9.97 Å². The fraction of sp³-hybridized carbons (Fsp3) is 0.545. The number of alkyl halides is 3. The van der Waals surface area contributed by atoms with E-state index in [-0.39, 0.29) is 11.7 Å². The van der Waals surface area contributed by atoms with E-state index in [1.807, 2.05) is 0 Å². The third-order valence-electron chi connectivity index (χ3n) is 2.94. The van der Waals surface area contributed by atoms with Gasteiger partial charge in [0.2, 0.25) is 5.82 Å². The number of nitrogens with zero attached hydrogens (tertiary/aromatic N) is 2. The van der Waals surface area contributed by atoms with E-state index in [1.165, 1.54) is 12.4 Å². The Morgan fingerprint density at radius 1 is 1.12 bits per heavy atom. The molecule has 2 rings (SSSR count). The highest BCUT2D eigenvalue weighted by Gasteiger charge is 2.34. The van der Waals surface area contributed by atoms with Crippen LogP contribution in [0, 0.1) is 0 Å². The minimum Gasteiger partial charge on any atom is -0.300 e. The first-order valence-electron chi connectivity index (χ1n) is 5.37. The van der Waals surface area contributed by atoms with E-state index in [1.54, 1.807) is 0 Å². The largest absolute Gasteiger partial charge is 0.451 e. The molecule has 92 valence electrons. The monoisotopic (exact) mass is 244 g/mol. The lowest BCUT2D eigenvalue weighted by Gasteiger charge is -2.20. The lowest BCUT2D eigenvalue weighted by Crippen LogP contribution is -2.15. The summed E-state index contributed by atoms with van der Waals surface area (Å²) in [5.74, 6) is -0.794. The van der Waals surface area contributed by atoms with Gasteiger partial charge in [-0.15, -0.1) is 0 Å². The van der Waals surface area contributed by atoms with Crippen LogP contribution < -0.4 is 0 Å². The molecule has 0 aliphatic heterocycles. The Morgan fingerprint density at radius 2 is 1.65 bits per heavy atom. The summed E-state index contributed by atoms with van der Waals surface area (Å²) < 4.78 is 36.7.